The molecule has 0 nitrogen and oxygen atoms in total. The summed E-state index contributed by atoms with van der Waals surface area (Å²) in [7, 11) is 0. The van der Waals surface area contributed by atoms with E-state index in [1.807, 2.05) is 0 Å². The van der Waals surface area contributed by atoms with Crippen LogP contribution in [0.4, 0.5) is 0 Å². The van der Waals surface area contributed by atoms with Crippen LogP contribution < -0.4 is 0 Å². The summed E-state index contributed by atoms with van der Waals surface area (Å²) in [6.07, 6.45) is 0. The highest BCUT2D eigenvalue weighted by molar-refractivity contribution is 7.60. The highest BCUT2D eigenvalue weighted by Gasteiger charge is 0.00600. The molecule has 0 aliphatic heterocycles. The van der Waals surface area contributed by atoms with Gasteiger partial charge < -0.3 is 0 Å². The largest absolute Gasteiger partial charge is 0 e. The summed E-state index contributed by atoms with van der Waals surface area (Å²) in [6.45, 7) is 0. The second-order valence-corrected chi connectivity index (χ2v) is 0. The van der Waals surface area contributed by atoms with E-state index in [1.54, 1.807) is 0 Å². The fourth-order valence-corrected chi connectivity index (χ4v) is 0. The molecule has 0 rings (SSSR count). The highest BCUT2D eigenvalue weighted by Crippen LogP contribution is 0.654. The van der Waals surface area contributed by atoms with Gasteiger partial charge in [-0.05, 0) is 0 Å². The SMILES string of the molecule is [S].[S].[S].[S].[S].[S].[S]. The van der Waals surface area contributed by atoms with E-state index in [9.17, 15) is 0 Å². The molecule has 0 aliphatic rings. The zero-order valence-electron chi connectivity index (χ0n) is 2.86. The second-order valence-electron chi connectivity index (χ2n) is 0. The molecule has 0 N–H and O–H groups in total. The summed E-state index contributed by atoms with van der Waals surface area (Å²) < 4.78 is 0. The first-order valence-electron chi connectivity index (χ1n) is 0. The maximum absolute atomic E-state index is 0. The second kappa shape index (κ2) is 78.1. The van der Waals surface area contributed by atoms with Crippen LogP contribution in [0.1, 0.15) is 0 Å². The van der Waals surface area contributed by atoms with Crippen molar-refractivity contribution in [3.8, 4) is 0 Å². The molecule has 7 heavy (non-hydrogen) atoms. The van der Waals surface area contributed by atoms with Gasteiger partial charge in [0, 0.05) is 94.5 Å². The molecule has 7 heteroatoms. The summed E-state index contributed by atoms with van der Waals surface area (Å²) in [5.41, 5.74) is 0. The Kier molecular flexibility index (Phi) is 1250. The molecular weight excluding hydrogens is 224 g/mol. The standard InChI is InChI=1S/7S. The third-order valence-electron chi connectivity index (χ3n) is 0. The molecule has 14 radical (unpaired) electrons. The number of hydrogen-bond donors (Lipinski definition) is 0. The van der Waals surface area contributed by atoms with E-state index in [1.165, 1.54) is 0 Å². The minimum atomic E-state index is 0. The van der Waals surface area contributed by atoms with Gasteiger partial charge in [-0.1, -0.05) is 0 Å². The first-order chi connectivity index (χ1) is 0. The smallest absolute Gasteiger partial charge is 0 e. The average Bonchev–Trinajstić information content (AvgIpc) is 0. The first-order valence-corrected chi connectivity index (χ1v) is 0. The van der Waals surface area contributed by atoms with Crippen molar-refractivity contribution in [2.45, 2.75) is 0 Å². The summed E-state index contributed by atoms with van der Waals surface area (Å²) >= 11 is 0. The molecule has 0 fully saturated rings. The van der Waals surface area contributed by atoms with Crippen molar-refractivity contribution < 1.29 is 0 Å². The third-order valence-corrected chi connectivity index (χ3v) is 0. The summed E-state index contributed by atoms with van der Waals surface area (Å²) in [5, 5.41) is 0. The lowest BCUT2D eigenvalue weighted by atomic mass is 32.1. The topological polar surface area (TPSA) is 0 Å². The van der Waals surface area contributed by atoms with Gasteiger partial charge in [-0.3, -0.25) is 0 Å². The van der Waals surface area contributed by atoms with Gasteiger partial charge in [0.25, 0.3) is 0 Å². The number of rotatable bonds is 0. The molecule has 42 valence electrons. The van der Waals surface area contributed by atoms with Crippen LogP contribution in [0.5, 0.6) is 0 Å². The Labute approximate surface area is 93.7 Å². The van der Waals surface area contributed by atoms with E-state index in [4.69, 9.17) is 0 Å². The Morgan fingerprint density at radius 3 is 0.143 bits per heavy atom. The van der Waals surface area contributed by atoms with Crippen molar-refractivity contribution in [3.05, 3.63) is 0 Å². The summed E-state index contributed by atoms with van der Waals surface area (Å²) in [5.74, 6) is 0. The fourth-order valence-electron chi connectivity index (χ4n) is 0. The van der Waals surface area contributed by atoms with E-state index >= 15 is 0 Å². The Bertz CT molecular complexity index is 0. The minimum Gasteiger partial charge on any atom is 0 e. The van der Waals surface area contributed by atoms with Crippen molar-refractivity contribution in [2.75, 3.05) is 0 Å². The molecule has 0 spiro atoms. The molecule has 0 aromatic carbocycles. The van der Waals surface area contributed by atoms with Crippen LogP contribution >= 0.6 is 94.5 Å². The molecule has 0 amide bonds. The zero-order valence-corrected chi connectivity index (χ0v) is 8.57. The van der Waals surface area contributed by atoms with Gasteiger partial charge in [0.05, 0.1) is 0 Å². The van der Waals surface area contributed by atoms with E-state index in [2.05, 4.69) is 0 Å². The lowest BCUT2D eigenvalue weighted by Gasteiger charge is -0.00100. The lowest BCUT2D eigenvalue weighted by molar-refractivity contribution is 7.59. The first kappa shape index (κ1) is 112. The van der Waals surface area contributed by atoms with E-state index in [0.717, 1.165) is 0 Å². The van der Waals surface area contributed by atoms with Gasteiger partial charge in [0.1, 0.15) is 0 Å². The van der Waals surface area contributed by atoms with Crippen molar-refractivity contribution in [1.82, 2.24) is 0 Å². The molecule has 0 heterocycles. The maximum Gasteiger partial charge on any atom is 0 e. The van der Waals surface area contributed by atoms with E-state index in [-0.39, 0.29) is 94.5 Å². The maximum atomic E-state index is 0. The van der Waals surface area contributed by atoms with Crippen LogP contribution in [0.25, 0.3) is 0 Å². The van der Waals surface area contributed by atoms with Crippen molar-refractivity contribution >= 4 is 94.5 Å². The van der Waals surface area contributed by atoms with Crippen LogP contribution in [0.3, 0.4) is 0 Å². The van der Waals surface area contributed by atoms with Crippen molar-refractivity contribution in [1.29, 1.82) is 0 Å². The van der Waals surface area contributed by atoms with Crippen LogP contribution in [0.15, 0.2) is 0 Å². The molecule has 0 saturated heterocycles. The van der Waals surface area contributed by atoms with Gasteiger partial charge in [-0.2, -0.15) is 0 Å². The fraction of sp³-hybridized carbons (Fsp3) is 0. The Morgan fingerprint density at radius 1 is 0.143 bits per heavy atom. The van der Waals surface area contributed by atoms with Crippen molar-refractivity contribution in [2.24, 2.45) is 0 Å². The Balaban J connectivity index is 0. The highest BCUT2D eigenvalue weighted by atomic mass is 32.1. The van der Waals surface area contributed by atoms with Gasteiger partial charge in [0.2, 0.25) is 0 Å². The van der Waals surface area contributed by atoms with Crippen LogP contribution in [-0.4, -0.2) is 0 Å². The molecule has 0 aromatic heterocycles. The Hall–Kier alpha value is 2.45. The van der Waals surface area contributed by atoms with Gasteiger partial charge in [0.15, 0.2) is 0 Å². The molecule has 0 saturated carbocycles. The molecule has 0 atom stereocenters. The van der Waals surface area contributed by atoms with E-state index in [0.29, 0.717) is 0 Å². The Morgan fingerprint density at radius 2 is 0.143 bits per heavy atom. The monoisotopic (exact) mass is 224 g/mol. The quantitative estimate of drug-likeness (QED) is 0.567. The van der Waals surface area contributed by atoms with Crippen molar-refractivity contribution in [3.63, 3.8) is 0 Å². The van der Waals surface area contributed by atoms with E-state index < -0.39 is 0 Å². The predicted octanol–water partition coefficient (Wildman–Crippen LogP) is 4.54. The van der Waals surface area contributed by atoms with Gasteiger partial charge >= 0.3 is 0 Å². The normalized spacial score (nSPS) is 0. The van der Waals surface area contributed by atoms with Gasteiger partial charge in [-0.15, -0.1) is 0 Å². The van der Waals surface area contributed by atoms with Crippen LogP contribution in [-0.2, 0) is 0 Å². The lowest BCUT2D eigenvalue weighted by Crippen LogP contribution is 0.647. The number of hydrogen-bond acceptors (Lipinski definition) is 0. The predicted molar refractivity (Wildman–Crippen MR) is 53.1 cm³/mol. The van der Waals surface area contributed by atoms with Gasteiger partial charge in [-0.25, -0.2) is 0 Å². The average molecular weight is 224 g/mol. The molecule has 0 aliphatic carbocycles. The molecular formula is S7. The minimum absolute atomic E-state index is 0. The summed E-state index contributed by atoms with van der Waals surface area (Å²) in [6, 6.07) is 0. The molecule has 0 bridgehead atoms. The molecule has 0 aromatic rings. The van der Waals surface area contributed by atoms with Crippen LogP contribution in [0, 0.1) is 0 Å². The third kappa shape index (κ3) is 58.6. The summed E-state index contributed by atoms with van der Waals surface area (Å²) in [4.78, 5) is 0. The van der Waals surface area contributed by atoms with Crippen LogP contribution in [0.2, 0.25) is 0 Å². The zero-order chi connectivity index (χ0) is 0. The molecule has 0 unspecified atom stereocenters.